The van der Waals surface area contributed by atoms with E-state index in [1.54, 1.807) is 12.1 Å². The minimum absolute atomic E-state index is 0.219. The highest BCUT2D eigenvalue weighted by molar-refractivity contribution is 7.81. The van der Waals surface area contributed by atoms with Crippen LogP contribution >= 0.6 is 12.6 Å². The fraction of sp³-hybridized carbons (Fsp3) is 0.296. The van der Waals surface area contributed by atoms with Gasteiger partial charge in [0.1, 0.15) is 17.5 Å². The molecule has 4 rings (SSSR count). The summed E-state index contributed by atoms with van der Waals surface area (Å²) in [6.45, 7) is 3.86. The molecule has 0 bridgehead atoms. The average Bonchev–Trinajstić information content (AvgIpc) is 3.07. The molecule has 7 heteroatoms. The van der Waals surface area contributed by atoms with Gasteiger partial charge in [-0.2, -0.15) is 12.6 Å². The maximum absolute atomic E-state index is 14.1. The number of halogens is 3. The Hall–Kier alpha value is -2.77. The number of rotatable bonds is 8. The Kier molecular flexibility index (Phi) is 7.33. The lowest BCUT2D eigenvalue weighted by Gasteiger charge is -2.26. The van der Waals surface area contributed by atoms with Gasteiger partial charge in [0.05, 0.1) is 6.04 Å². The standard InChI is InChI=1S/C27H27F3N2OS/c1-3-16-4-6-21-22-7-5-18(28)13-24(22)27(23(21)10-16)31-14-26(34)25(32-15(2)33)11-17-8-19(29)12-20(30)9-17/h4-10,12-13,25-27,31,34H,3,11,14H2,1-2H3,(H,32,33)/t25-,26-,27?/m0/s1. The summed E-state index contributed by atoms with van der Waals surface area (Å²) in [5.41, 5.74) is 5.60. The summed E-state index contributed by atoms with van der Waals surface area (Å²) in [6.07, 6.45) is 1.10. The summed E-state index contributed by atoms with van der Waals surface area (Å²) in [4.78, 5) is 11.8. The van der Waals surface area contributed by atoms with E-state index in [1.165, 1.54) is 30.7 Å². The maximum Gasteiger partial charge on any atom is 0.217 e. The van der Waals surface area contributed by atoms with Gasteiger partial charge < -0.3 is 10.6 Å². The number of hydrogen-bond acceptors (Lipinski definition) is 3. The van der Waals surface area contributed by atoms with Crippen LogP contribution in [0.5, 0.6) is 0 Å². The van der Waals surface area contributed by atoms with Crippen LogP contribution < -0.4 is 10.6 Å². The molecule has 3 aromatic carbocycles. The Morgan fingerprint density at radius 1 is 0.912 bits per heavy atom. The molecule has 3 atom stereocenters. The Labute approximate surface area is 203 Å². The Bertz CT molecular complexity index is 1200. The number of carbonyl (C=O) groups excluding carboxylic acids is 1. The quantitative estimate of drug-likeness (QED) is 0.376. The van der Waals surface area contributed by atoms with Gasteiger partial charge in [-0.1, -0.05) is 31.2 Å². The molecular weight excluding hydrogens is 457 g/mol. The second-order valence-corrected chi connectivity index (χ2v) is 9.37. The number of aryl methyl sites for hydroxylation is 1. The van der Waals surface area contributed by atoms with Crippen molar-refractivity contribution in [1.29, 1.82) is 0 Å². The van der Waals surface area contributed by atoms with E-state index in [2.05, 4.69) is 35.8 Å². The lowest BCUT2D eigenvalue weighted by molar-refractivity contribution is -0.119. The van der Waals surface area contributed by atoms with E-state index in [9.17, 15) is 18.0 Å². The van der Waals surface area contributed by atoms with Crippen LogP contribution in [0.1, 0.15) is 42.1 Å². The van der Waals surface area contributed by atoms with Crippen molar-refractivity contribution in [2.45, 2.75) is 44.0 Å². The van der Waals surface area contributed by atoms with E-state index in [-0.39, 0.29) is 29.4 Å². The van der Waals surface area contributed by atoms with Gasteiger partial charge in [-0.15, -0.1) is 0 Å². The molecule has 0 fully saturated rings. The number of fused-ring (bicyclic) bond motifs is 3. The number of amides is 1. The summed E-state index contributed by atoms with van der Waals surface area (Å²) < 4.78 is 41.5. The molecule has 3 aromatic rings. The predicted molar refractivity (Wildman–Crippen MR) is 132 cm³/mol. The predicted octanol–water partition coefficient (Wildman–Crippen LogP) is 5.37. The fourth-order valence-corrected chi connectivity index (χ4v) is 4.91. The van der Waals surface area contributed by atoms with Gasteiger partial charge in [-0.05, 0) is 70.5 Å². The van der Waals surface area contributed by atoms with E-state index in [4.69, 9.17) is 12.6 Å². The first kappa shape index (κ1) is 24.4. The van der Waals surface area contributed by atoms with Crippen molar-refractivity contribution in [3.8, 4) is 11.1 Å². The van der Waals surface area contributed by atoms with E-state index >= 15 is 0 Å². The highest BCUT2D eigenvalue weighted by atomic mass is 32.1. The molecule has 0 heterocycles. The molecule has 1 amide bonds. The molecule has 34 heavy (non-hydrogen) atoms. The molecule has 3 nitrogen and oxygen atoms in total. The normalized spacial score (nSPS) is 16.0. The molecule has 0 spiro atoms. The Balaban J connectivity index is 1.57. The van der Waals surface area contributed by atoms with Crippen molar-refractivity contribution in [2.24, 2.45) is 0 Å². The fourth-order valence-electron chi connectivity index (χ4n) is 4.63. The molecule has 0 radical (unpaired) electrons. The van der Waals surface area contributed by atoms with Gasteiger partial charge in [0.15, 0.2) is 0 Å². The average molecular weight is 485 g/mol. The highest BCUT2D eigenvalue weighted by Gasteiger charge is 2.30. The number of thiol groups is 1. The molecular formula is C27H27F3N2OS. The smallest absolute Gasteiger partial charge is 0.217 e. The monoisotopic (exact) mass is 484 g/mol. The third-order valence-electron chi connectivity index (χ3n) is 6.21. The number of nitrogens with one attached hydrogen (secondary N) is 2. The summed E-state index contributed by atoms with van der Waals surface area (Å²) in [5, 5.41) is 5.97. The number of hydrogen-bond donors (Lipinski definition) is 3. The van der Waals surface area contributed by atoms with Crippen LogP contribution in [0.3, 0.4) is 0 Å². The second-order valence-electron chi connectivity index (χ2n) is 8.70. The van der Waals surface area contributed by atoms with Gasteiger partial charge in [-0.3, -0.25) is 4.79 Å². The van der Waals surface area contributed by atoms with Crippen LogP contribution in [0.2, 0.25) is 0 Å². The molecule has 1 unspecified atom stereocenters. The summed E-state index contributed by atoms with van der Waals surface area (Å²) in [5.74, 6) is -1.90. The highest BCUT2D eigenvalue weighted by Crippen LogP contribution is 2.44. The third-order valence-corrected chi connectivity index (χ3v) is 6.75. The Morgan fingerprint density at radius 3 is 2.21 bits per heavy atom. The van der Waals surface area contributed by atoms with E-state index < -0.39 is 17.7 Å². The lowest BCUT2D eigenvalue weighted by Crippen LogP contribution is -2.46. The minimum Gasteiger partial charge on any atom is -0.352 e. The molecule has 1 aliphatic carbocycles. The Morgan fingerprint density at radius 2 is 1.56 bits per heavy atom. The third kappa shape index (κ3) is 5.31. The van der Waals surface area contributed by atoms with Crippen molar-refractivity contribution in [1.82, 2.24) is 10.6 Å². The molecule has 0 aliphatic heterocycles. The largest absolute Gasteiger partial charge is 0.352 e. The maximum atomic E-state index is 14.1. The molecule has 178 valence electrons. The molecule has 0 saturated heterocycles. The summed E-state index contributed by atoms with van der Waals surface area (Å²) in [7, 11) is 0. The zero-order valence-electron chi connectivity index (χ0n) is 19.0. The topological polar surface area (TPSA) is 41.1 Å². The van der Waals surface area contributed by atoms with Gasteiger partial charge >= 0.3 is 0 Å². The van der Waals surface area contributed by atoms with E-state index in [1.807, 2.05) is 0 Å². The van der Waals surface area contributed by atoms with Crippen LogP contribution in [0.15, 0.2) is 54.6 Å². The van der Waals surface area contributed by atoms with E-state index in [0.29, 0.717) is 12.1 Å². The van der Waals surface area contributed by atoms with Crippen molar-refractivity contribution in [3.05, 3.63) is 94.3 Å². The SMILES string of the molecule is CCc1ccc2c(c1)C(NC[C@H](S)[C@H](Cc1cc(F)cc(F)c1)NC(C)=O)c1cc(F)ccc1-2. The van der Waals surface area contributed by atoms with Crippen LogP contribution in [-0.2, 0) is 17.6 Å². The zero-order chi connectivity index (χ0) is 24.4. The number of benzene rings is 3. The van der Waals surface area contributed by atoms with Gasteiger partial charge in [0.25, 0.3) is 0 Å². The van der Waals surface area contributed by atoms with E-state index in [0.717, 1.165) is 34.7 Å². The van der Waals surface area contributed by atoms with Crippen LogP contribution in [0, 0.1) is 17.5 Å². The number of carbonyl (C=O) groups is 1. The molecule has 0 saturated carbocycles. The summed E-state index contributed by atoms with van der Waals surface area (Å²) in [6, 6.07) is 13.7. The first-order valence-corrected chi connectivity index (χ1v) is 11.8. The molecule has 1 aliphatic rings. The van der Waals surface area contributed by atoms with Gasteiger partial charge in [-0.25, -0.2) is 13.2 Å². The van der Waals surface area contributed by atoms with Crippen molar-refractivity contribution >= 4 is 18.5 Å². The van der Waals surface area contributed by atoms with Crippen molar-refractivity contribution in [2.75, 3.05) is 6.54 Å². The van der Waals surface area contributed by atoms with Crippen molar-refractivity contribution in [3.63, 3.8) is 0 Å². The van der Waals surface area contributed by atoms with Gasteiger partial charge in [0, 0.05) is 30.8 Å². The van der Waals surface area contributed by atoms with Crippen LogP contribution in [-0.4, -0.2) is 23.7 Å². The lowest BCUT2D eigenvalue weighted by atomic mass is 10.00. The van der Waals surface area contributed by atoms with Crippen molar-refractivity contribution < 1.29 is 18.0 Å². The van der Waals surface area contributed by atoms with Crippen LogP contribution in [0.25, 0.3) is 11.1 Å². The molecule has 2 N–H and O–H groups in total. The van der Waals surface area contributed by atoms with Crippen LogP contribution in [0.4, 0.5) is 13.2 Å². The minimum atomic E-state index is -0.668. The summed E-state index contributed by atoms with van der Waals surface area (Å²) >= 11 is 4.72. The second kappa shape index (κ2) is 10.2. The zero-order valence-corrected chi connectivity index (χ0v) is 19.9. The molecule has 0 aromatic heterocycles. The first-order chi connectivity index (χ1) is 16.2. The first-order valence-electron chi connectivity index (χ1n) is 11.3. The van der Waals surface area contributed by atoms with Gasteiger partial charge in [0.2, 0.25) is 5.91 Å².